The molecule has 1 unspecified atom stereocenters. The average Bonchev–Trinajstić information content (AvgIpc) is 2.82. The van der Waals surface area contributed by atoms with E-state index in [1.54, 1.807) is 20.2 Å². The summed E-state index contributed by atoms with van der Waals surface area (Å²) >= 11 is 0. The van der Waals surface area contributed by atoms with Crippen LogP contribution >= 0.6 is 0 Å². The summed E-state index contributed by atoms with van der Waals surface area (Å²) in [6, 6.07) is 8.58. The molecule has 0 aliphatic rings. The van der Waals surface area contributed by atoms with E-state index in [2.05, 4.69) is 5.32 Å². The first-order chi connectivity index (χ1) is 9.15. The highest BCUT2D eigenvalue weighted by molar-refractivity contribution is 5.31. The summed E-state index contributed by atoms with van der Waals surface area (Å²) in [5.41, 5.74) is 1.47. The molecule has 1 heterocycles. The average molecular weight is 263 g/mol. The van der Waals surface area contributed by atoms with Gasteiger partial charge in [-0.05, 0) is 37.7 Å². The number of nitrogens with one attached hydrogen (secondary N) is 1. The largest absolute Gasteiger partial charge is 0.462 e. The van der Waals surface area contributed by atoms with Crippen molar-refractivity contribution < 1.29 is 13.5 Å². The van der Waals surface area contributed by atoms with Crippen LogP contribution in [0.25, 0.3) is 0 Å². The molecule has 0 aliphatic heterocycles. The quantitative estimate of drug-likeness (QED) is 0.899. The molecule has 0 spiro atoms. The SMILES string of the molecule is CNC(c1ccc(COC)o1)c1ccc(C)cc1F. The summed E-state index contributed by atoms with van der Waals surface area (Å²) in [5.74, 6) is 1.17. The first-order valence-electron chi connectivity index (χ1n) is 6.16. The van der Waals surface area contributed by atoms with Crippen LogP contribution in [0.2, 0.25) is 0 Å². The van der Waals surface area contributed by atoms with Gasteiger partial charge in [-0.25, -0.2) is 4.39 Å². The number of hydrogen-bond donors (Lipinski definition) is 1. The second kappa shape index (κ2) is 5.99. The van der Waals surface area contributed by atoms with Crippen LogP contribution in [0.5, 0.6) is 0 Å². The molecule has 0 aliphatic carbocycles. The fraction of sp³-hybridized carbons (Fsp3) is 0.333. The van der Waals surface area contributed by atoms with Crippen molar-refractivity contribution in [1.29, 1.82) is 0 Å². The van der Waals surface area contributed by atoms with Gasteiger partial charge in [0.25, 0.3) is 0 Å². The van der Waals surface area contributed by atoms with Crippen molar-refractivity contribution in [3.05, 3.63) is 58.8 Å². The normalized spacial score (nSPS) is 12.6. The number of methoxy groups -OCH3 is 1. The molecule has 1 aromatic carbocycles. The number of ether oxygens (including phenoxy) is 1. The van der Waals surface area contributed by atoms with E-state index in [1.807, 2.05) is 25.1 Å². The van der Waals surface area contributed by atoms with Gasteiger partial charge in [-0.15, -0.1) is 0 Å². The Morgan fingerprint density at radius 3 is 2.74 bits per heavy atom. The molecule has 4 heteroatoms. The van der Waals surface area contributed by atoms with E-state index >= 15 is 0 Å². The lowest BCUT2D eigenvalue weighted by Crippen LogP contribution is -2.18. The third-order valence-corrected chi connectivity index (χ3v) is 3.01. The molecule has 19 heavy (non-hydrogen) atoms. The molecule has 2 aromatic rings. The Balaban J connectivity index is 2.32. The van der Waals surface area contributed by atoms with Crippen LogP contribution in [-0.4, -0.2) is 14.2 Å². The Labute approximate surface area is 112 Å². The molecule has 0 radical (unpaired) electrons. The molecule has 0 amide bonds. The van der Waals surface area contributed by atoms with Crippen LogP contribution in [0.4, 0.5) is 4.39 Å². The van der Waals surface area contributed by atoms with Crippen molar-refractivity contribution in [2.24, 2.45) is 0 Å². The Hall–Kier alpha value is -1.65. The van der Waals surface area contributed by atoms with Crippen LogP contribution in [0.15, 0.2) is 34.7 Å². The number of rotatable bonds is 5. The van der Waals surface area contributed by atoms with E-state index < -0.39 is 0 Å². The number of benzene rings is 1. The smallest absolute Gasteiger partial charge is 0.129 e. The number of hydrogen-bond acceptors (Lipinski definition) is 3. The maximum atomic E-state index is 14.0. The Morgan fingerprint density at radius 1 is 1.32 bits per heavy atom. The number of aryl methyl sites for hydroxylation is 1. The summed E-state index contributed by atoms with van der Waals surface area (Å²) in [6.45, 7) is 2.28. The Kier molecular flexibility index (Phi) is 4.35. The molecule has 3 nitrogen and oxygen atoms in total. The monoisotopic (exact) mass is 263 g/mol. The molecule has 0 saturated heterocycles. The Morgan fingerprint density at radius 2 is 2.11 bits per heavy atom. The van der Waals surface area contributed by atoms with Crippen molar-refractivity contribution in [3.8, 4) is 0 Å². The maximum absolute atomic E-state index is 14.0. The van der Waals surface area contributed by atoms with Gasteiger partial charge in [0.1, 0.15) is 23.9 Å². The predicted octanol–water partition coefficient (Wildman–Crippen LogP) is 3.18. The molecular weight excluding hydrogens is 245 g/mol. The minimum atomic E-state index is -0.300. The molecular formula is C15H18FNO2. The molecule has 0 saturated carbocycles. The van der Waals surface area contributed by atoms with Gasteiger partial charge in [-0.1, -0.05) is 12.1 Å². The third-order valence-electron chi connectivity index (χ3n) is 3.01. The first-order valence-corrected chi connectivity index (χ1v) is 6.16. The van der Waals surface area contributed by atoms with Gasteiger partial charge < -0.3 is 14.5 Å². The highest BCUT2D eigenvalue weighted by Gasteiger charge is 2.19. The summed E-state index contributed by atoms with van der Waals surface area (Å²) in [4.78, 5) is 0. The third kappa shape index (κ3) is 3.03. The second-order valence-electron chi connectivity index (χ2n) is 4.48. The van der Waals surface area contributed by atoms with Crippen LogP contribution in [0.3, 0.4) is 0 Å². The molecule has 0 fully saturated rings. The van der Waals surface area contributed by atoms with Crippen molar-refractivity contribution in [2.75, 3.05) is 14.2 Å². The van der Waals surface area contributed by atoms with Gasteiger partial charge in [0.2, 0.25) is 0 Å². The molecule has 1 atom stereocenters. The lowest BCUT2D eigenvalue weighted by atomic mass is 10.0. The van der Waals surface area contributed by atoms with E-state index in [9.17, 15) is 4.39 Å². The van der Waals surface area contributed by atoms with Crippen LogP contribution < -0.4 is 5.32 Å². The lowest BCUT2D eigenvalue weighted by Gasteiger charge is -2.15. The minimum Gasteiger partial charge on any atom is -0.462 e. The van der Waals surface area contributed by atoms with Gasteiger partial charge in [0, 0.05) is 12.7 Å². The van der Waals surface area contributed by atoms with Crippen molar-refractivity contribution >= 4 is 0 Å². The number of halogens is 1. The van der Waals surface area contributed by atoms with Gasteiger partial charge >= 0.3 is 0 Å². The Bertz CT molecular complexity index is 551. The standard InChI is InChI=1S/C15H18FNO2/c1-10-4-6-12(13(16)8-10)15(17-2)14-7-5-11(19-14)9-18-3/h4-8,15,17H,9H2,1-3H3. The van der Waals surface area contributed by atoms with Gasteiger partial charge in [0.05, 0.1) is 6.04 Å². The van der Waals surface area contributed by atoms with E-state index in [1.165, 1.54) is 6.07 Å². The van der Waals surface area contributed by atoms with Crippen LogP contribution in [-0.2, 0) is 11.3 Å². The highest BCUT2D eigenvalue weighted by Crippen LogP contribution is 2.26. The fourth-order valence-corrected chi connectivity index (χ4v) is 2.09. The van der Waals surface area contributed by atoms with Gasteiger partial charge in [-0.3, -0.25) is 0 Å². The predicted molar refractivity (Wildman–Crippen MR) is 71.5 cm³/mol. The maximum Gasteiger partial charge on any atom is 0.129 e. The van der Waals surface area contributed by atoms with E-state index in [0.29, 0.717) is 17.9 Å². The summed E-state index contributed by atoms with van der Waals surface area (Å²) in [6.07, 6.45) is 0. The molecule has 1 N–H and O–H groups in total. The molecule has 102 valence electrons. The van der Waals surface area contributed by atoms with E-state index in [4.69, 9.17) is 9.15 Å². The summed E-state index contributed by atoms with van der Waals surface area (Å²) in [7, 11) is 3.39. The minimum absolute atomic E-state index is 0.232. The zero-order valence-electron chi connectivity index (χ0n) is 11.4. The van der Waals surface area contributed by atoms with Crippen molar-refractivity contribution in [3.63, 3.8) is 0 Å². The fourth-order valence-electron chi connectivity index (χ4n) is 2.09. The van der Waals surface area contributed by atoms with Crippen molar-refractivity contribution in [1.82, 2.24) is 5.32 Å². The van der Waals surface area contributed by atoms with Crippen molar-refractivity contribution in [2.45, 2.75) is 19.6 Å². The summed E-state index contributed by atoms with van der Waals surface area (Å²) < 4.78 is 24.7. The van der Waals surface area contributed by atoms with Gasteiger partial charge in [0.15, 0.2) is 0 Å². The molecule has 0 bridgehead atoms. The number of furan rings is 1. The molecule has 1 aromatic heterocycles. The lowest BCUT2D eigenvalue weighted by molar-refractivity contribution is 0.162. The topological polar surface area (TPSA) is 34.4 Å². The van der Waals surface area contributed by atoms with E-state index in [-0.39, 0.29) is 11.9 Å². The van der Waals surface area contributed by atoms with Crippen LogP contribution in [0.1, 0.15) is 28.7 Å². The van der Waals surface area contributed by atoms with E-state index in [0.717, 1.165) is 11.3 Å². The van der Waals surface area contributed by atoms with Gasteiger partial charge in [-0.2, -0.15) is 0 Å². The molecule has 2 rings (SSSR count). The summed E-state index contributed by atoms with van der Waals surface area (Å²) in [5, 5.41) is 3.08. The highest BCUT2D eigenvalue weighted by atomic mass is 19.1. The second-order valence-corrected chi connectivity index (χ2v) is 4.48. The first kappa shape index (κ1) is 13.8. The zero-order chi connectivity index (χ0) is 13.8. The zero-order valence-corrected chi connectivity index (χ0v) is 11.4. The van der Waals surface area contributed by atoms with Crippen LogP contribution in [0, 0.1) is 12.7 Å².